The molecule has 2 rings (SSSR count). The first-order chi connectivity index (χ1) is 9.20. The summed E-state index contributed by atoms with van der Waals surface area (Å²) in [5.41, 5.74) is 2.17. The minimum Gasteiger partial charge on any atom is -0.505 e. The largest absolute Gasteiger partial charge is 0.505 e. The number of benzene rings is 1. The fraction of sp³-hybridized carbons (Fsp3) is 0.200. The summed E-state index contributed by atoms with van der Waals surface area (Å²) in [6.45, 7) is 2.13. The van der Waals surface area contributed by atoms with Gasteiger partial charge in [0.25, 0.3) is 5.91 Å². The van der Waals surface area contributed by atoms with Crippen molar-refractivity contribution in [1.82, 2.24) is 4.98 Å². The molecule has 1 aromatic heterocycles. The van der Waals surface area contributed by atoms with Crippen LogP contribution in [0.4, 0.5) is 5.69 Å². The first-order valence-electron chi connectivity index (χ1n) is 6.24. The van der Waals surface area contributed by atoms with Crippen molar-refractivity contribution in [3.8, 4) is 5.75 Å². The number of carbonyl (C=O) groups excluding carboxylic acids is 1. The number of carbonyl (C=O) groups is 1. The number of amides is 1. The Morgan fingerprint density at radius 3 is 2.63 bits per heavy atom. The quantitative estimate of drug-likeness (QED) is 0.884. The summed E-state index contributed by atoms with van der Waals surface area (Å²) < 4.78 is 0. The first kappa shape index (κ1) is 13.1. The molecule has 0 unspecified atom stereocenters. The Kier molecular flexibility index (Phi) is 4.13. The van der Waals surface area contributed by atoms with Crippen molar-refractivity contribution in [3.63, 3.8) is 0 Å². The number of hydrogen-bond donors (Lipinski definition) is 2. The number of rotatable bonds is 4. The van der Waals surface area contributed by atoms with Crippen LogP contribution in [0.5, 0.6) is 5.75 Å². The number of aryl methyl sites for hydroxylation is 1. The number of pyridine rings is 1. The van der Waals surface area contributed by atoms with Crippen molar-refractivity contribution < 1.29 is 9.90 Å². The topological polar surface area (TPSA) is 62.2 Å². The fourth-order valence-corrected chi connectivity index (χ4v) is 1.82. The van der Waals surface area contributed by atoms with Crippen LogP contribution >= 0.6 is 0 Å². The summed E-state index contributed by atoms with van der Waals surface area (Å²) in [5, 5.41) is 12.3. The normalized spacial score (nSPS) is 10.2. The molecule has 1 heterocycles. The number of nitrogens with zero attached hydrogens (tertiary/aromatic N) is 1. The van der Waals surface area contributed by atoms with E-state index in [9.17, 15) is 9.90 Å². The van der Waals surface area contributed by atoms with E-state index in [1.54, 1.807) is 0 Å². The van der Waals surface area contributed by atoms with Crippen LogP contribution in [0.2, 0.25) is 0 Å². The van der Waals surface area contributed by atoms with E-state index in [1.807, 2.05) is 24.3 Å². The van der Waals surface area contributed by atoms with E-state index in [1.165, 1.54) is 24.0 Å². The number of aromatic nitrogens is 1. The molecule has 98 valence electrons. The Morgan fingerprint density at radius 2 is 2.00 bits per heavy atom. The monoisotopic (exact) mass is 256 g/mol. The number of nitrogens with one attached hydrogen (secondary N) is 1. The van der Waals surface area contributed by atoms with Crippen LogP contribution in [0.3, 0.4) is 0 Å². The highest BCUT2D eigenvalue weighted by Crippen LogP contribution is 2.17. The van der Waals surface area contributed by atoms with Crippen molar-refractivity contribution in [3.05, 3.63) is 53.9 Å². The molecule has 0 spiro atoms. The highest BCUT2D eigenvalue weighted by atomic mass is 16.3. The Balaban J connectivity index is 2.09. The second-order valence-corrected chi connectivity index (χ2v) is 4.29. The van der Waals surface area contributed by atoms with Gasteiger partial charge in [0.1, 0.15) is 5.75 Å². The Hall–Kier alpha value is -2.36. The third-order valence-corrected chi connectivity index (χ3v) is 2.80. The zero-order valence-corrected chi connectivity index (χ0v) is 10.8. The molecule has 0 aliphatic rings. The number of hydrogen-bond acceptors (Lipinski definition) is 3. The third kappa shape index (κ3) is 3.31. The molecule has 1 amide bonds. The lowest BCUT2D eigenvalue weighted by Gasteiger charge is -2.07. The fourth-order valence-electron chi connectivity index (χ4n) is 1.82. The Morgan fingerprint density at radius 1 is 1.26 bits per heavy atom. The van der Waals surface area contributed by atoms with Crippen LogP contribution < -0.4 is 5.32 Å². The summed E-state index contributed by atoms with van der Waals surface area (Å²) in [6, 6.07) is 9.19. The highest BCUT2D eigenvalue weighted by Gasteiger charge is 2.10. The van der Waals surface area contributed by atoms with Gasteiger partial charge in [0.05, 0.1) is 11.8 Å². The van der Waals surface area contributed by atoms with E-state index in [0.29, 0.717) is 5.69 Å². The van der Waals surface area contributed by atoms with Gasteiger partial charge in [-0.2, -0.15) is 0 Å². The van der Waals surface area contributed by atoms with Crippen LogP contribution in [-0.2, 0) is 6.42 Å². The molecule has 0 fully saturated rings. The van der Waals surface area contributed by atoms with Crippen LogP contribution in [0, 0.1) is 0 Å². The number of aromatic hydroxyl groups is 1. The molecule has 0 atom stereocenters. The molecule has 0 saturated heterocycles. The van der Waals surface area contributed by atoms with Gasteiger partial charge in [-0.25, -0.2) is 0 Å². The summed E-state index contributed by atoms with van der Waals surface area (Å²) in [6.07, 6.45) is 4.84. The van der Waals surface area contributed by atoms with Crippen molar-refractivity contribution in [1.29, 1.82) is 0 Å². The lowest BCUT2D eigenvalue weighted by atomic mass is 10.1. The van der Waals surface area contributed by atoms with Gasteiger partial charge in [-0.15, -0.1) is 0 Å². The molecule has 0 bridgehead atoms. The van der Waals surface area contributed by atoms with E-state index >= 15 is 0 Å². The van der Waals surface area contributed by atoms with Gasteiger partial charge in [-0.05, 0) is 30.2 Å². The van der Waals surface area contributed by atoms with E-state index in [-0.39, 0.29) is 17.2 Å². The van der Waals surface area contributed by atoms with Crippen molar-refractivity contribution in [2.24, 2.45) is 0 Å². The maximum atomic E-state index is 11.9. The maximum absolute atomic E-state index is 11.9. The molecule has 0 aliphatic heterocycles. The second kappa shape index (κ2) is 6.00. The lowest BCUT2D eigenvalue weighted by molar-refractivity contribution is 0.102. The van der Waals surface area contributed by atoms with E-state index in [0.717, 1.165) is 12.8 Å². The second-order valence-electron chi connectivity index (χ2n) is 4.29. The van der Waals surface area contributed by atoms with Gasteiger partial charge < -0.3 is 10.4 Å². The summed E-state index contributed by atoms with van der Waals surface area (Å²) >= 11 is 0. The van der Waals surface area contributed by atoms with Gasteiger partial charge in [0.2, 0.25) is 0 Å². The molecule has 1 aromatic carbocycles. The van der Waals surface area contributed by atoms with Crippen LogP contribution in [0.15, 0.2) is 42.7 Å². The molecule has 2 aromatic rings. The molecule has 0 saturated carbocycles. The zero-order chi connectivity index (χ0) is 13.7. The van der Waals surface area contributed by atoms with Gasteiger partial charge >= 0.3 is 0 Å². The first-order valence-corrected chi connectivity index (χ1v) is 6.24. The summed E-state index contributed by atoms with van der Waals surface area (Å²) in [4.78, 5) is 15.7. The van der Waals surface area contributed by atoms with Crippen molar-refractivity contribution in [2.45, 2.75) is 19.8 Å². The average Bonchev–Trinajstić information content (AvgIpc) is 2.42. The molecule has 0 radical (unpaired) electrons. The predicted molar refractivity (Wildman–Crippen MR) is 74.3 cm³/mol. The van der Waals surface area contributed by atoms with Gasteiger partial charge in [0.15, 0.2) is 0 Å². The zero-order valence-electron chi connectivity index (χ0n) is 10.8. The van der Waals surface area contributed by atoms with Crippen LogP contribution in [0.25, 0.3) is 0 Å². The average molecular weight is 256 g/mol. The van der Waals surface area contributed by atoms with Crippen LogP contribution in [0.1, 0.15) is 29.3 Å². The van der Waals surface area contributed by atoms with Gasteiger partial charge in [-0.1, -0.05) is 25.5 Å². The maximum Gasteiger partial charge on any atom is 0.259 e. The summed E-state index contributed by atoms with van der Waals surface area (Å²) in [7, 11) is 0. The van der Waals surface area contributed by atoms with E-state index < -0.39 is 0 Å². The molecule has 4 nitrogen and oxygen atoms in total. The van der Waals surface area contributed by atoms with Gasteiger partial charge in [0, 0.05) is 11.9 Å². The smallest absolute Gasteiger partial charge is 0.259 e. The SMILES string of the molecule is CCCc1ccc(NC(=O)c2ccncc2O)cc1. The molecule has 2 N–H and O–H groups in total. The van der Waals surface area contributed by atoms with Crippen LogP contribution in [-0.4, -0.2) is 16.0 Å². The molecule has 19 heavy (non-hydrogen) atoms. The van der Waals surface area contributed by atoms with E-state index in [2.05, 4.69) is 17.2 Å². The predicted octanol–water partition coefficient (Wildman–Crippen LogP) is 2.99. The minimum absolute atomic E-state index is 0.123. The standard InChI is InChI=1S/C15H16N2O2/c1-2-3-11-4-6-12(7-5-11)17-15(19)13-8-9-16-10-14(13)18/h4-10,18H,2-3H2,1H3,(H,17,19). The van der Waals surface area contributed by atoms with Crippen molar-refractivity contribution in [2.75, 3.05) is 5.32 Å². The molecular weight excluding hydrogens is 240 g/mol. The lowest BCUT2D eigenvalue weighted by Crippen LogP contribution is -2.12. The van der Waals surface area contributed by atoms with Gasteiger partial charge in [-0.3, -0.25) is 9.78 Å². The van der Waals surface area contributed by atoms with E-state index in [4.69, 9.17) is 0 Å². The Bertz CT molecular complexity index is 565. The summed E-state index contributed by atoms with van der Waals surface area (Å²) in [5.74, 6) is -0.467. The van der Waals surface area contributed by atoms with Crippen molar-refractivity contribution >= 4 is 11.6 Å². The Labute approximate surface area is 112 Å². The third-order valence-electron chi connectivity index (χ3n) is 2.80. The minimum atomic E-state index is -0.344. The highest BCUT2D eigenvalue weighted by molar-refractivity contribution is 6.05. The number of anilines is 1. The molecule has 4 heteroatoms. The molecular formula is C15H16N2O2. The molecule has 0 aliphatic carbocycles.